The van der Waals surface area contributed by atoms with Crippen LogP contribution in [0.2, 0.25) is 5.02 Å². The lowest BCUT2D eigenvalue weighted by Gasteiger charge is -2.12. The molecule has 2 heterocycles. The molecule has 0 bridgehead atoms. The summed E-state index contributed by atoms with van der Waals surface area (Å²) in [7, 11) is -3.37. The van der Waals surface area contributed by atoms with Crippen molar-refractivity contribution >= 4 is 38.3 Å². The van der Waals surface area contributed by atoms with E-state index in [2.05, 4.69) is 10.3 Å². The van der Waals surface area contributed by atoms with Crippen LogP contribution in [0, 0.1) is 6.92 Å². The summed E-state index contributed by atoms with van der Waals surface area (Å²) in [4.78, 5) is 16.9. The Morgan fingerprint density at radius 1 is 1.11 bits per heavy atom. The van der Waals surface area contributed by atoms with E-state index >= 15 is 0 Å². The molecule has 0 fully saturated rings. The Balaban J connectivity index is 1.52. The van der Waals surface area contributed by atoms with Crippen molar-refractivity contribution in [3.63, 3.8) is 0 Å². The summed E-state index contributed by atoms with van der Waals surface area (Å²) < 4.78 is 70.1. The number of amides is 1. The van der Waals surface area contributed by atoms with Gasteiger partial charge in [-0.05, 0) is 54.4 Å². The average Bonchev–Trinajstić information content (AvgIpc) is 3.17. The normalized spacial score (nSPS) is 12.2. The molecule has 2 aromatic carbocycles. The van der Waals surface area contributed by atoms with Crippen molar-refractivity contribution in [2.75, 3.05) is 5.75 Å². The van der Waals surface area contributed by atoms with Crippen LogP contribution in [-0.4, -0.2) is 25.1 Å². The fourth-order valence-electron chi connectivity index (χ4n) is 3.86. The number of hydrogen-bond acceptors (Lipinski definition) is 5. The maximum atomic E-state index is 13.5. The van der Waals surface area contributed by atoms with E-state index in [9.17, 15) is 26.4 Å². The van der Waals surface area contributed by atoms with Crippen molar-refractivity contribution < 1.29 is 30.8 Å². The zero-order chi connectivity index (χ0) is 27.0. The monoisotopic (exact) mass is 550 g/mol. The van der Waals surface area contributed by atoms with E-state index < -0.39 is 27.5 Å². The number of pyridine rings is 1. The van der Waals surface area contributed by atoms with E-state index in [0.29, 0.717) is 33.6 Å². The van der Waals surface area contributed by atoms with E-state index in [-0.39, 0.29) is 34.2 Å². The average molecular weight is 551 g/mol. The molecule has 1 amide bonds. The van der Waals surface area contributed by atoms with E-state index in [0.717, 1.165) is 6.07 Å². The van der Waals surface area contributed by atoms with Gasteiger partial charge >= 0.3 is 6.18 Å². The summed E-state index contributed by atoms with van der Waals surface area (Å²) in [5.41, 5.74) is 1.02. The Hall–Kier alpha value is -3.37. The highest BCUT2D eigenvalue weighted by molar-refractivity contribution is 7.91. The van der Waals surface area contributed by atoms with Crippen LogP contribution in [0.5, 0.6) is 0 Å². The van der Waals surface area contributed by atoms with Gasteiger partial charge in [0.1, 0.15) is 11.3 Å². The molecule has 0 saturated heterocycles. The fourth-order valence-corrected chi connectivity index (χ4v) is 4.86. The summed E-state index contributed by atoms with van der Waals surface area (Å²) in [5.74, 6) is -0.0990. The van der Waals surface area contributed by atoms with Crippen molar-refractivity contribution in [3.8, 4) is 0 Å². The van der Waals surface area contributed by atoms with Gasteiger partial charge in [0.2, 0.25) is 0 Å². The van der Waals surface area contributed by atoms with E-state index in [1.165, 1.54) is 36.5 Å². The van der Waals surface area contributed by atoms with Gasteiger partial charge in [0, 0.05) is 28.6 Å². The van der Waals surface area contributed by atoms with Crippen molar-refractivity contribution in [2.24, 2.45) is 0 Å². The minimum atomic E-state index is -4.56. The number of aryl methyl sites for hydroxylation is 1. The molecule has 0 unspecified atom stereocenters. The molecule has 2 aromatic heterocycles. The van der Waals surface area contributed by atoms with Gasteiger partial charge in [0.25, 0.3) is 5.91 Å². The second kappa shape index (κ2) is 10.2. The molecule has 0 saturated carbocycles. The van der Waals surface area contributed by atoms with Crippen LogP contribution < -0.4 is 5.32 Å². The number of sulfone groups is 1. The quantitative estimate of drug-likeness (QED) is 0.299. The molecule has 4 rings (SSSR count). The van der Waals surface area contributed by atoms with Gasteiger partial charge in [-0.25, -0.2) is 8.42 Å². The van der Waals surface area contributed by atoms with Gasteiger partial charge in [-0.15, -0.1) is 0 Å². The van der Waals surface area contributed by atoms with Crippen molar-refractivity contribution in [2.45, 2.75) is 37.9 Å². The van der Waals surface area contributed by atoms with Crippen LogP contribution in [0.3, 0.4) is 0 Å². The van der Waals surface area contributed by atoms with E-state index in [1.807, 2.05) is 0 Å². The minimum Gasteiger partial charge on any atom is -0.460 e. The number of carbonyl (C=O) groups is 1. The van der Waals surface area contributed by atoms with Crippen LogP contribution in [-0.2, 0) is 29.0 Å². The summed E-state index contributed by atoms with van der Waals surface area (Å²) in [6.07, 6.45) is -3.40. The van der Waals surface area contributed by atoms with E-state index in [1.54, 1.807) is 26.0 Å². The predicted molar refractivity (Wildman–Crippen MR) is 133 cm³/mol. The molecule has 0 atom stereocenters. The largest absolute Gasteiger partial charge is 0.460 e. The lowest BCUT2D eigenvalue weighted by atomic mass is 10.0. The first kappa shape index (κ1) is 26.7. The summed E-state index contributed by atoms with van der Waals surface area (Å²) in [6.45, 7) is 3.36. The van der Waals surface area contributed by atoms with Gasteiger partial charge < -0.3 is 9.73 Å². The highest BCUT2D eigenvalue weighted by Gasteiger charge is 2.34. The molecule has 0 spiro atoms. The van der Waals surface area contributed by atoms with Gasteiger partial charge in [0.05, 0.1) is 28.5 Å². The summed E-state index contributed by atoms with van der Waals surface area (Å²) in [6, 6.07) is 11.4. The molecule has 194 valence electrons. The van der Waals surface area contributed by atoms with Gasteiger partial charge in [0.15, 0.2) is 9.84 Å². The second-order valence-electron chi connectivity index (χ2n) is 8.41. The van der Waals surface area contributed by atoms with Gasteiger partial charge in [-0.1, -0.05) is 30.7 Å². The molecule has 37 heavy (non-hydrogen) atoms. The molecular weight excluding hydrogens is 529 g/mol. The van der Waals surface area contributed by atoms with Gasteiger partial charge in [-0.2, -0.15) is 13.2 Å². The molecule has 0 aliphatic carbocycles. The zero-order valence-electron chi connectivity index (χ0n) is 19.8. The predicted octanol–water partition coefficient (Wildman–Crippen LogP) is 6.12. The first-order chi connectivity index (χ1) is 17.4. The third-order valence-electron chi connectivity index (χ3n) is 5.99. The number of halogens is 4. The van der Waals surface area contributed by atoms with Crippen LogP contribution in [0.1, 0.15) is 45.4 Å². The Morgan fingerprint density at radius 2 is 1.86 bits per heavy atom. The third-order valence-corrected chi connectivity index (χ3v) is 7.95. The highest BCUT2D eigenvalue weighted by Crippen LogP contribution is 2.36. The molecule has 11 heteroatoms. The Kier molecular flexibility index (Phi) is 7.34. The third kappa shape index (κ3) is 5.80. The second-order valence-corrected chi connectivity index (χ2v) is 11.1. The number of nitrogens with zero attached hydrogens (tertiary/aromatic N) is 1. The Labute approximate surface area is 216 Å². The first-order valence-corrected chi connectivity index (χ1v) is 13.3. The van der Waals surface area contributed by atoms with Crippen LogP contribution in [0.4, 0.5) is 13.2 Å². The number of hydrogen-bond donors (Lipinski definition) is 1. The molecule has 6 nitrogen and oxygen atoms in total. The number of rotatable bonds is 7. The SMILES string of the molecule is CCS(=O)(=O)c1ccc(CNC(=O)c2ccc3c(C)c(Cc4ccc(Cl)cc4C(F)(F)F)oc3c2)nc1. The molecule has 0 aliphatic rings. The molecular formula is C26H22ClF3N2O4S. The molecule has 0 radical (unpaired) electrons. The summed E-state index contributed by atoms with van der Waals surface area (Å²) in [5, 5.41) is 3.39. The van der Waals surface area contributed by atoms with Crippen LogP contribution in [0.15, 0.2) is 64.0 Å². The number of furan rings is 1. The number of fused-ring (bicyclic) bond motifs is 1. The minimum absolute atomic E-state index is 0.00908. The van der Waals surface area contributed by atoms with Crippen molar-refractivity contribution in [1.82, 2.24) is 10.3 Å². The Bertz CT molecular complexity index is 1580. The van der Waals surface area contributed by atoms with E-state index in [4.69, 9.17) is 16.0 Å². The van der Waals surface area contributed by atoms with Crippen LogP contribution >= 0.6 is 11.6 Å². The molecule has 0 aliphatic heterocycles. The topological polar surface area (TPSA) is 89.3 Å². The fraction of sp³-hybridized carbons (Fsp3) is 0.231. The standard InChI is InChI=1S/C26H22ClF3N2O4S/c1-3-37(34,35)20-8-7-19(31-14-20)13-32-25(33)17-5-9-21-15(2)23(36-24(21)11-17)10-16-4-6-18(27)12-22(16)26(28,29)30/h4-9,11-12,14H,3,10,13H2,1-2H3,(H,32,33). The first-order valence-electron chi connectivity index (χ1n) is 11.2. The number of benzene rings is 2. The summed E-state index contributed by atoms with van der Waals surface area (Å²) >= 11 is 5.77. The lowest BCUT2D eigenvalue weighted by Crippen LogP contribution is -2.23. The lowest BCUT2D eigenvalue weighted by molar-refractivity contribution is -0.138. The maximum Gasteiger partial charge on any atom is 0.416 e. The molecule has 4 aromatic rings. The number of nitrogens with one attached hydrogen (secondary N) is 1. The van der Waals surface area contributed by atoms with Crippen LogP contribution in [0.25, 0.3) is 11.0 Å². The number of carbonyl (C=O) groups excluding carboxylic acids is 1. The Morgan fingerprint density at radius 3 is 2.51 bits per heavy atom. The van der Waals surface area contributed by atoms with Crippen molar-refractivity contribution in [1.29, 1.82) is 0 Å². The molecule has 1 N–H and O–H groups in total. The number of aromatic nitrogens is 1. The zero-order valence-corrected chi connectivity index (χ0v) is 21.4. The highest BCUT2D eigenvalue weighted by atomic mass is 35.5. The van der Waals surface area contributed by atoms with Crippen molar-refractivity contribution in [3.05, 3.63) is 93.5 Å². The van der Waals surface area contributed by atoms with Gasteiger partial charge in [-0.3, -0.25) is 9.78 Å². The smallest absolute Gasteiger partial charge is 0.416 e. The maximum absolute atomic E-state index is 13.5. The number of alkyl halides is 3.